The van der Waals surface area contributed by atoms with E-state index in [1.807, 2.05) is 31.2 Å². The van der Waals surface area contributed by atoms with E-state index in [-0.39, 0.29) is 25.1 Å². The van der Waals surface area contributed by atoms with Gasteiger partial charge in [0.1, 0.15) is 6.10 Å². The summed E-state index contributed by atoms with van der Waals surface area (Å²) in [5.41, 5.74) is 2.19. The van der Waals surface area contributed by atoms with E-state index in [2.05, 4.69) is 4.90 Å². The van der Waals surface area contributed by atoms with Crippen molar-refractivity contribution in [2.75, 3.05) is 24.5 Å². The second-order valence-corrected chi connectivity index (χ2v) is 7.73. The standard InChI is InChI=1S/C22H24F2N2O2.ClH/c1-15-3-2-4-18(11-15)26(13-16-5-6-19(23)20(24)12-16)22(27)28-21-14-25-9-7-17(21)8-10-25;/h2-6,11-12,17,21H,7-10,13-14H2,1H3;1H/t21-;/m0./s1. The molecule has 2 aromatic carbocycles. The summed E-state index contributed by atoms with van der Waals surface area (Å²) >= 11 is 0. The van der Waals surface area contributed by atoms with Crippen LogP contribution in [0, 0.1) is 24.5 Å². The van der Waals surface area contributed by atoms with Gasteiger partial charge in [0.15, 0.2) is 11.6 Å². The number of anilines is 1. The summed E-state index contributed by atoms with van der Waals surface area (Å²) in [6.45, 7) is 4.95. The molecule has 4 nitrogen and oxygen atoms in total. The molecule has 0 aliphatic carbocycles. The molecule has 1 atom stereocenters. The average Bonchev–Trinajstić information content (AvgIpc) is 2.69. The Bertz CT molecular complexity index is 872. The Kier molecular flexibility index (Phi) is 6.75. The summed E-state index contributed by atoms with van der Waals surface area (Å²) in [6.07, 6.45) is 1.53. The highest BCUT2D eigenvalue weighted by Crippen LogP contribution is 2.31. The summed E-state index contributed by atoms with van der Waals surface area (Å²) in [5.74, 6) is -1.43. The van der Waals surface area contributed by atoms with Crippen molar-refractivity contribution in [3.63, 3.8) is 0 Å². The molecule has 0 saturated carbocycles. The zero-order chi connectivity index (χ0) is 19.7. The van der Waals surface area contributed by atoms with Gasteiger partial charge in [-0.3, -0.25) is 9.80 Å². The maximum Gasteiger partial charge on any atom is 0.414 e. The third kappa shape index (κ3) is 4.87. The molecule has 2 aromatic rings. The summed E-state index contributed by atoms with van der Waals surface area (Å²) < 4.78 is 32.8. The van der Waals surface area contributed by atoms with Crippen LogP contribution < -0.4 is 4.90 Å². The van der Waals surface area contributed by atoms with E-state index in [0.717, 1.165) is 50.2 Å². The quantitative estimate of drug-likeness (QED) is 0.700. The molecule has 0 radical (unpaired) electrons. The normalized spacial score (nSPS) is 22.7. The highest BCUT2D eigenvalue weighted by molar-refractivity contribution is 5.87. The van der Waals surface area contributed by atoms with Gasteiger partial charge in [-0.25, -0.2) is 13.6 Å². The van der Waals surface area contributed by atoms with Gasteiger partial charge in [0.2, 0.25) is 0 Å². The Morgan fingerprint density at radius 2 is 1.90 bits per heavy atom. The number of rotatable bonds is 4. The number of nitrogens with zero attached hydrogens (tertiary/aromatic N) is 2. The Hall–Kier alpha value is -2.18. The lowest BCUT2D eigenvalue weighted by atomic mass is 9.86. The topological polar surface area (TPSA) is 32.8 Å². The number of carbonyl (C=O) groups excluding carboxylic acids is 1. The first-order valence-electron chi connectivity index (χ1n) is 9.71. The molecule has 3 aliphatic rings. The van der Waals surface area contributed by atoms with Gasteiger partial charge in [0.05, 0.1) is 6.54 Å². The number of ether oxygens (including phenoxy) is 1. The van der Waals surface area contributed by atoms with Crippen LogP contribution in [0.15, 0.2) is 42.5 Å². The van der Waals surface area contributed by atoms with E-state index in [1.54, 1.807) is 0 Å². The van der Waals surface area contributed by atoms with Crippen LogP contribution in [0.1, 0.15) is 24.0 Å². The van der Waals surface area contributed by atoms with E-state index >= 15 is 0 Å². The van der Waals surface area contributed by atoms with E-state index < -0.39 is 17.7 Å². The van der Waals surface area contributed by atoms with E-state index in [0.29, 0.717) is 17.2 Å². The minimum Gasteiger partial charge on any atom is -0.444 e. The largest absolute Gasteiger partial charge is 0.444 e. The SMILES string of the molecule is Cc1cccc(N(Cc2ccc(F)c(F)c2)C(=O)O[C@H]2CN3CCC2CC3)c1.Cl. The third-order valence-corrected chi connectivity index (χ3v) is 5.71. The number of aryl methyl sites for hydroxylation is 1. The summed E-state index contributed by atoms with van der Waals surface area (Å²) in [7, 11) is 0. The number of carbonyl (C=O) groups is 1. The minimum atomic E-state index is -0.924. The van der Waals surface area contributed by atoms with E-state index in [1.165, 1.54) is 11.0 Å². The van der Waals surface area contributed by atoms with Gasteiger partial charge in [0, 0.05) is 12.2 Å². The van der Waals surface area contributed by atoms with Crippen LogP contribution >= 0.6 is 12.4 Å². The number of halogens is 3. The predicted molar refractivity (Wildman–Crippen MR) is 110 cm³/mol. The number of amides is 1. The molecule has 0 unspecified atom stereocenters. The van der Waals surface area contributed by atoms with Crippen molar-refractivity contribution >= 4 is 24.2 Å². The maximum absolute atomic E-state index is 13.7. The van der Waals surface area contributed by atoms with Crippen LogP contribution in [0.3, 0.4) is 0 Å². The number of hydrogen-bond acceptors (Lipinski definition) is 3. The first-order chi connectivity index (χ1) is 13.5. The molecule has 29 heavy (non-hydrogen) atoms. The molecule has 5 rings (SSSR count). The fourth-order valence-corrected chi connectivity index (χ4v) is 4.12. The monoisotopic (exact) mass is 422 g/mol. The molecule has 0 aromatic heterocycles. The van der Waals surface area contributed by atoms with Gasteiger partial charge in [-0.2, -0.15) is 0 Å². The van der Waals surface area contributed by atoms with Crippen molar-refractivity contribution in [3.8, 4) is 0 Å². The molecular weight excluding hydrogens is 398 g/mol. The number of fused-ring (bicyclic) bond motifs is 3. The zero-order valence-corrected chi connectivity index (χ0v) is 17.1. The van der Waals surface area contributed by atoms with Crippen molar-refractivity contribution < 1.29 is 18.3 Å². The first-order valence-corrected chi connectivity index (χ1v) is 9.71. The number of hydrogen-bond donors (Lipinski definition) is 0. The molecule has 3 aliphatic heterocycles. The lowest BCUT2D eigenvalue weighted by molar-refractivity contribution is -0.0311. The lowest BCUT2D eigenvalue weighted by Crippen LogP contribution is -2.53. The zero-order valence-electron chi connectivity index (χ0n) is 16.3. The van der Waals surface area contributed by atoms with Gasteiger partial charge >= 0.3 is 6.09 Å². The van der Waals surface area contributed by atoms with Crippen LogP contribution in [-0.4, -0.2) is 36.7 Å². The second-order valence-electron chi connectivity index (χ2n) is 7.73. The van der Waals surface area contributed by atoms with Crippen LogP contribution in [-0.2, 0) is 11.3 Å². The van der Waals surface area contributed by atoms with Crippen LogP contribution in [0.5, 0.6) is 0 Å². The van der Waals surface area contributed by atoms with Gasteiger partial charge in [-0.1, -0.05) is 18.2 Å². The molecule has 3 saturated heterocycles. The van der Waals surface area contributed by atoms with Crippen LogP contribution in [0.2, 0.25) is 0 Å². The van der Waals surface area contributed by atoms with Crippen molar-refractivity contribution in [2.45, 2.75) is 32.4 Å². The Balaban J connectivity index is 0.00000240. The molecule has 2 bridgehead atoms. The Morgan fingerprint density at radius 3 is 2.52 bits per heavy atom. The minimum absolute atomic E-state index is 0. The molecule has 0 spiro atoms. The van der Waals surface area contributed by atoms with E-state index in [4.69, 9.17) is 4.74 Å². The molecule has 1 amide bonds. The van der Waals surface area contributed by atoms with Crippen molar-refractivity contribution in [1.29, 1.82) is 0 Å². The summed E-state index contributed by atoms with van der Waals surface area (Å²) in [5, 5.41) is 0. The van der Waals surface area contributed by atoms with Crippen molar-refractivity contribution in [3.05, 3.63) is 65.2 Å². The molecule has 3 fully saturated rings. The third-order valence-electron chi connectivity index (χ3n) is 5.71. The Morgan fingerprint density at radius 1 is 1.14 bits per heavy atom. The summed E-state index contributed by atoms with van der Waals surface area (Å²) in [4.78, 5) is 16.9. The highest BCUT2D eigenvalue weighted by atomic mass is 35.5. The van der Waals surface area contributed by atoms with Gasteiger partial charge in [0.25, 0.3) is 0 Å². The molecule has 0 N–H and O–H groups in total. The molecule has 3 heterocycles. The molecular formula is C22H25ClF2N2O2. The average molecular weight is 423 g/mol. The predicted octanol–water partition coefficient (Wildman–Crippen LogP) is 4.93. The number of benzene rings is 2. The van der Waals surface area contributed by atoms with Crippen molar-refractivity contribution in [2.24, 2.45) is 5.92 Å². The van der Waals surface area contributed by atoms with Crippen LogP contribution in [0.4, 0.5) is 19.3 Å². The van der Waals surface area contributed by atoms with Gasteiger partial charge < -0.3 is 4.74 Å². The fraction of sp³-hybridized carbons (Fsp3) is 0.409. The highest BCUT2D eigenvalue weighted by Gasteiger charge is 2.37. The van der Waals surface area contributed by atoms with Gasteiger partial charge in [-0.15, -0.1) is 12.4 Å². The van der Waals surface area contributed by atoms with Crippen LogP contribution in [0.25, 0.3) is 0 Å². The number of piperidine rings is 3. The Labute approximate surface area is 175 Å². The smallest absolute Gasteiger partial charge is 0.414 e. The molecule has 156 valence electrons. The second kappa shape index (κ2) is 9.09. The van der Waals surface area contributed by atoms with Gasteiger partial charge in [-0.05, 0) is 74.2 Å². The maximum atomic E-state index is 13.7. The van der Waals surface area contributed by atoms with E-state index in [9.17, 15) is 13.6 Å². The first kappa shape index (κ1) is 21.5. The molecule has 7 heteroatoms. The fourth-order valence-electron chi connectivity index (χ4n) is 4.12. The lowest BCUT2D eigenvalue weighted by Gasteiger charge is -2.44. The summed E-state index contributed by atoms with van der Waals surface area (Å²) in [6, 6.07) is 11.2. The van der Waals surface area contributed by atoms with Crippen molar-refractivity contribution in [1.82, 2.24) is 4.90 Å².